The van der Waals surface area contributed by atoms with E-state index in [1.807, 2.05) is 39.8 Å². The smallest absolute Gasteiger partial charge is 0.245 e. The molecular formula is C19H24N2O. The lowest BCUT2D eigenvalue weighted by atomic mass is 10.0. The topological polar surface area (TPSA) is 46.3 Å². The van der Waals surface area contributed by atoms with Crippen molar-refractivity contribution >= 4 is 17.3 Å². The van der Waals surface area contributed by atoms with E-state index >= 15 is 0 Å². The maximum Gasteiger partial charge on any atom is 0.245 e. The highest BCUT2D eigenvalue weighted by molar-refractivity contribution is 6.03. The lowest BCUT2D eigenvalue weighted by Crippen LogP contribution is -2.33. The molecule has 0 saturated carbocycles. The Morgan fingerprint density at radius 2 is 1.32 bits per heavy atom. The number of carbonyl (C=O) groups is 1. The molecular weight excluding hydrogens is 272 g/mol. The summed E-state index contributed by atoms with van der Waals surface area (Å²) >= 11 is 0. The molecule has 2 N–H and O–H groups in total. The molecule has 0 aliphatic heterocycles. The summed E-state index contributed by atoms with van der Waals surface area (Å²) in [5, 5.41) is 0. The van der Waals surface area contributed by atoms with Gasteiger partial charge in [0.05, 0.1) is 12.2 Å². The highest BCUT2D eigenvalue weighted by Crippen LogP contribution is 2.33. The minimum atomic E-state index is -0.0972. The first-order valence-electron chi connectivity index (χ1n) is 7.52. The minimum absolute atomic E-state index is 0.0141. The standard InChI is InChI=1S/C19H24N2O/c1-12-6-13(2)10-17(9-12)21(18(22)11-20)19-15(4)7-14(3)8-16(19)5/h6-10H,11,20H2,1-5H3. The van der Waals surface area contributed by atoms with E-state index in [-0.39, 0.29) is 12.5 Å². The van der Waals surface area contributed by atoms with Crippen molar-refractivity contribution in [1.29, 1.82) is 0 Å². The molecule has 0 fully saturated rings. The molecule has 2 aromatic carbocycles. The quantitative estimate of drug-likeness (QED) is 0.935. The molecule has 2 aromatic rings. The molecule has 0 bridgehead atoms. The molecule has 0 aliphatic rings. The van der Waals surface area contributed by atoms with Crippen LogP contribution >= 0.6 is 0 Å². The van der Waals surface area contributed by atoms with Gasteiger partial charge in [0.1, 0.15) is 0 Å². The van der Waals surface area contributed by atoms with Crippen LogP contribution in [0.4, 0.5) is 11.4 Å². The predicted octanol–water partition coefficient (Wildman–Crippen LogP) is 3.85. The van der Waals surface area contributed by atoms with Gasteiger partial charge in [0.2, 0.25) is 5.91 Å². The average molecular weight is 296 g/mol. The second-order valence-electron chi connectivity index (χ2n) is 6.03. The first-order valence-corrected chi connectivity index (χ1v) is 7.52. The van der Waals surface area contributed by atoms with Gasteiger partial charge in [-0.25, -0.2) is 0 Å². The van der Waals surface area contributed by atoms with Crippen molar-refractivity contribution in [2.45, 2.75) is 34.6 Å². The van der Waals surface area contributed by atoms with Gasteiger partial charge in [-0.15, -0.1) is 0 Å². The van der Waals surface area contributed by atoms with Gasteiger partial charge in [0, 0.05) is 5.69 Å². The Bertz CT molecular complexity index is 676. The van der Waals surface area contributed by atoms with Crippen molar-refractivity contribution in [1.82, 2.24) is 0 Å². The minimum Gasteiger partial charge on any atom is -0.322 e. The number of nitrogens with zero attached hydrogens (tertiary/aromatic N) is 1. The molecule has 0 atom stereocenters. The van der Waals surface area contributed by atoms with Crippen LogP contribution in [0.5, 0.6) is 0 Å². The van der Waals surface area contributed by atoms with Gasteiger partial charge in [-0.2, -0.15) is 0 Å². The summed E-state index contributed by atoms with van der Waals surface area (Å²) in [7, 11) is 0. The highest BCUT2D eigenvalue weighted by Gasteiger charge is 2.21. The van der Waals surface area contributed by atoms with E-state index < -0.39 is 0 Å². The SMILES string of the molecule is Cc1cc(C)cc(N(C(=O)CN)c2c(C)cc(C)cc2C)c1. The molecule has 0 saturated heterocycles. The second kappa shape index (κ2) is 6.32. The summed E-state index contributed by atoms with van der Waals surface area (Å²) in [6.07, 6.45) is 0. The normalized spacial score (nSPS) is 10.6. The lowest BCUT2D eigenvalue weighted by Gasteiger charge is -2.27. The van der Waals surface area contributed by atoms with Crippen molar-refractivity contribution in [2.24, 2.45) is 5.73 Å². The Labute approximate surface area is 132 Å². The van der Waals surface area contributed by atoms with E-state index in [0.717, 1.165) is 33.6 Å². The molecule has 0 aliphatic carbocycles. The molecule has 116 valence electrons. The Morgan fingerprint density at radius 1 is 0.864 bits per heavy atom. The number of carbonyl (C=O) groups excluding carboxylic acids is 1. The summed E-state index contributed by atoms with van der Waals surface area (Å²) < 4.78 is 0. The van der Waals surface area contributed by atoms with E-state index in [4.69, 9.17) is 5.73 Å². The molecule has 0 heterocycles. The summed E-state index contributed by atoms with van der Waals surface area (Å²) in [5.74, 6) is -0.0972. The molecule has 22 heavy (non-hydrogen) atoms. The second-order valence-corrected chi connectivity index (χ2v) is 6.03. The maximum absolute atomic E-state index is 12.5. The molecule has 0 unspecified atom stereocenters. The van der Waals surface area contributed by atoms with E-state index in [0.29, 0.717) is 0 Å². The van der Waals surface area contributed by atoms with Crippen LogP contribution < -0.4 is 10.6 Å². The van der Waals surface area contributed by atoms with Crippen LogP contribution in [0.15, 0.2) is 30.3 Å². The number of anilines is 2. The Balaban J connectivity index is 2.69. The Hall–Kier alpha value is -2.13. The fourth-order valence-electron chi connectivity index (χ4n) is 3.09. The zero-order valence-corrected chi connectivity index (χ0v) is 14.0. The number of rotatable bonds is 3. The number of amides is 1. The number of hydrogen-bond donors (Lipinski definition) is 1. The molecule has 3 heteroatoms. The molecule has 0 radical (unpaired) electrons. The van der Waals surface area contributed by atoms with E-state index in [9.17, 15) is 4.79 Å². The molecule has 3 nitrogen and oxygen atoms in total. The number of nitrogens with two attached hydrogens (primary N) is 1. The van der Waals surface area contributed by atoms with Crippen LogP contribution in [0.1, 0.15) is 27.8 Å². The van der Waals surface area contributed by atoms with Crippen LogP contribution in [-0.2, 0) is 4.79 Å². The van der Waals surface area contributed by atoms with Gasteiger partial charge in [0.15, 0.2) is 0 Å². The Morgan fingerprint density at radius 3 is 1.77 bits per heavy atom. The third-order valence-electron chi connectivity index (χ3n) is 3.75. The number of hydrogen-bond acceptors (Lipinski definition) is 2. The van der Waals surface area contributed by atoms with Crippen LogP contribution in [0.25, 0.3) is 0 Å². The summed E-state index contributed by atoms with van der Waals surface area (Å²) in [6.45, 7) is 10.2. The molecule has 2 rings (SSSR count). The molecule has 0 spiro atoms. The van der Waals surface area contributed by atoms with E-state index in [2.05, 4.69) is 25.1 Å². The van der Waals surface area contributed by atoms with Crippen LogP contribution in [-0.4, -0.2) is 12.5 Å². The predicted molar refractivity (Wildman–Crippen MR) is 92.8 cm³/mol. The maximum atomic E-state index is 12.5. The monoisotopic (exact) mass is 296 g/mol. The largest absolute Gasteiger partial charge is 0.322 e. The van der Waals surface area contributed by atoms with Gasteiger partial charge in [0.25, 0.3) is 0 Å². The molecule has 1 amide bonds. The van der Waals surface area contributed by atoms with Crippen molar-refractivity contribution in [3.8, 4) is 0 Å². The summed E-state index contributed by atoms with van der Waals surface area (Å²) in [5.41, 5.74) is 13.1. The summed E-state index contributed by atoms with van der Waals surface area (Å²) in [6, 6.07) is 10.4. The van der Waals surface area contributed by atoms with E-state index in [1.54, 1.807) is 4.90 Å². The van der Waals surface area contributed by atoms with Gasteiger partial charge in [-0.05, 0) is 69.0 Å². The number of aryl methyl sites for hydroxylation is 5. The summed E-state index contributed by atoms with van der Waals surface area (Å²) in [4.78, 5) is 14.3. The van der Waals surface area contributed by atoms with Crippen molar-refractivity contribution in [3.63, 3.8) is 0 Å². The van der Waals surface area contributed by atoms with Crippen LogP contribution in [0.3, 0.4) is 0 Å². The van der Waals surface area contributed by atoms with Gasteiger partial charge >= 0.3 is 0 Å². The van der Waals surface area contributed by atoms with Crippen LogP contribution in [0.2, 0.25) is 0 Å². The van der Waals surface area contributed by atoms with Crippen molar-refractivity contribution in [2.75, 3.05) is 11.4 Å². The van der Waals surface area contributed by atoms with Crippen molar-refractivity contribution < 1.29 is 4.79 Å². The van der Waals surface area contributed by atoms with Gasteiger partial charge in [-0.3, -0.25) is 9.69 Å². The average Bonchev–Trinajstić information content (AvgIpc) is 2.40. The first kappa shape index (κ1) is 16.2. The Kier molecular flexibility index (Phi) is 4.67. The third kappa shape index (κ3) is 3.20. The van der Waals surface area contributed by atoms with Crippen molar-refractivity contribution in [3.05, 3.63) is 58.1 Å². The highest BCUT2D eigenvalue weighted by atomic mass is 16.2. The number of benzene rings is 2. The fraction of sp³-hybridized carbons (Fsp3) is 0.316. The third-order valence-corrected chi connectivity index (χ3v) is 3.75. The van der Waals surface area contributed by atoms with E-state index in [1.165, 1.54) is 5.56 Å². The van der Waals surface area contributed by atoms with Crippen LogP contribution in [0, 0.1) is 34.6 Å². The lowest BCUT2D eigenvalue weighted by molar-refractivity contribution is -0.116. The molecule has 0 aromatic heterocycles. The first-order chi connectivity index (χ1) is 10.3. The fourth-order valence-corrected chi connectivity index (χ4v) is 3.09. The zero-order valence-electron chi connectivity index (χ0n) is 14.0. The van der Waals surface area contributed by atoms with Gasteiger partial charge in [-0.1, -0.05) is 23.8 Å². The van der Waals surface area contributed by atoms with Gasteiger partial charge < -0.3 is 5.73 Å². The zero-order chi connectivity index (χ0) is 16.4.